The van der Waals surface area contributed by atoms with Crippen LogP contribution in [0.25, 0.3) is 22.6 Å². The number of unbranched alkanes of at least 4 members (excludes halogenated alkanes) is 2. The van der Waals surface area contributed by atoms with Gasteiger partial charge in [-0.3, -0.25) is 4.79 Å². The molecule has 1 fully saturated rings. The molecule has 2 aromatic heterocycles. The zero-order chi connectivity index (χ0) is 34.0. The van der Waals surface area contributed by atoms with Gasteiger partial charge in [-0.1, -0.05) is 57.4 Å². The smallest absolute Gasteiger partial charge is 0.341 e. The molecule has 0 aliphatic heterocycles. The van der Waals surface area contributed by atoms with E-state index in [9.17, 15) is 19.8 Å². The average Bonchev–Trinajstić information content (AvgIpc) is 3.68. The lowest BCUT2D eigenvalue weighted by Gasteiger charge is -2.32. The van der Waals surface area contributed by atoms with E-state index in [-0.39, 0.29) is 41.5 Å². The third-order valence-corrected chi connectivity index (χ3v) is 9.47. The molecular weight excluding hydrogens is 614 g/mol. The number of aromatic amines is 2. The van der Waals surface area contributed by atoms with Crippen molar-refractivity contribution in [1.29, 1.82) is 0 Å². The molecule has 12 heteroatoms. The maximum absolute atomic E-state index is 11.9. The van der Waals surface area contributed by atoms with Crippen LogP contribution in [0.3, 0.4) is 0 Å². The molecule has 0 radical (unpaired) electrons. The highest BCUT2D eigenvalue weighted by molar-refractivity contribution is 5.73. The van der Waals surface area contributed by atoms with Crippen LogP contribution in [0.1, 0.15) is 76.3 Å². The summed E-state index contributed by atoms with van der Waals surface area (Å²) in [4.78, 5) is 29.7. The highest BCUT2D eigenvalue weighted by Crippen LogP contribution is 2.48. The van der Waals surface area contributed by atoms with Gasteiger partial charge in [-0.05, 0) is 92.0 Å². The number of nitrogens with zero attached hydrogens (tertiary/aromatic N) is 3. The van der Waals surface area contributed by atoms with Crippen LogP contribution in [0.2, 0.25) is 0 Å². The van der Waals surface area contributed by atoms with Gasteiger partial charge in [0.2, 0.25) is 5.65 Å². The molecule has 2 heterocycles. The van der Waals surface area contributed by atoms with Crippen molar-refractivity contribution < 1.29 is 29.6 Å². The molecule has 0 saturated heterocycles. The van der Waals surface area contributed by atoms with E-state index in [1.165, 1.54) is 5.56 Å². The SMILES string of the molecule is CCCCC[C@H](O)CC[C@@H]1[C@H]2Cc3cccc(OCC(=O)O)c3C[C@H]2C[C@H]1O.CCCOc1ccccc1-c1nc2n[nH]nc2c(=O)[nH]1. The maximum atomic E-state index is 11.9. The lowest BCUT2D eigenvalue weighted by atomic mass is 9.73. The molecule has 1 saturated carbocycles. The van der Waals surface area contributed by atoms with Crippen molar-refractivity contribution in [3.05, 3.63) is 63.9 Å². The molecule has 6 rings (SSSR count). The minimum Gasteiger partial charge on any atom is -0.493 e. The van der Waals surface area contributed by atoms with E-state index in [4.69, 9.17) is 14.6 Å². The zero-order valence-electron chi connectivity index (χ0n) is 27.7. The summed E-state index contributed by atoms with van der Waals surface area (Å²) in [6.45, 7) is 4.48. The van der Waals surface area contributed by atoms with E-state index >= 15 is 0 Å². The van der Waals surface area contributed by atoms with Gasteiger partial charge < -0.3 is 29.8 Å². The molecular formula is C36H47N5O7. The van der Waals surface area contributed by atoms with Gasteiger partial charge in [0.15, 0.2) is 12.1 Å². The van der Waals surface area contributed by atoms with E-state index < -0.39 is 5.97 Å². The van der Waals surface area contributed by atoms with Crippen molar-refractivity contribution in [2.75, 3.05) is 13.2 Å². The van der Waals surface area contributed by atoms with Gasteiger partial charge in [0.25, 0.3) is 5.56 Å². The van der Waals surface area contributed by atoms with Crippen molar-refractivity contribution >= 4 is 17.1 Å². The number of aliphatic hydroxyl groups is 2. The summed E-state index contributed by atoms with van der Waals surface area (Å²) in [6.07, 6.45) is 8.76. The minimum absolute atomic E-state index is 0.195. The highest BCUT2D eigenvalue weighted by Gasteiger charge is 2.44. The second kappa shape index (κ2) is 16.7. The number of H-pyrrole nitrogens is 2. The summed E-state index contributed by atoms with van der Waals surface area (Å²) in [5.74, 6) is 1.87. The quantitative estimate of drug-likeness (QED) is 0.114. The monoisotopic (exact) mass is 661 g/mol. The number of carboxylic acids is 1. The largest absolute Gasteiger partial charge is 0.493 e. The second-order valence-corrected chi connectivity index (χ2v) is 12.9. The molecule has 5 atom stereocenters. The van der Waals surface area contributed by atoms with Crippen LogP contribution in [0.4, 0.5) is 0 Å². The molecule has 5 N–H and O–H groups in total. The third-order valence-electron chi connectivity index (χ3n) is 9.47. The molecule has 2 aliphatic rings. The van der Waals surface area contributed by atoms with Crippen molar-refractivity contribution in [3.8, 4) is 22.9 Å². The molecule has 258 valence electrons. The molecule has 4 aromatic rings. The van der Waals surface area contributed by atoms with E-state index in [0.717, 1.165) is 75.3 Å². The Labute approximate surface area is 279 Å². The number of nitrogens with one attached hydrogen (secondary N) is 2. The summed E-state index contributed by atoms with van der Waals surface area (Å²) in [5, 5.41) is 39.8. The summed E-state index contributed by atoms with van der Waals surface area (Å²) >= 11 is 0. The standard InChI is InChI=1S/C23H34O5.C13H13N5O2/c1-2-3-4-7-17(24)9-10-18-19-11-15-6-5-8-22(28-14-23(26)27)20(15)12-16(19)13-21(18)25;1-2-7-20-9-6-4-3-5-8(9)11-14-12-10(13(19)15-11)16-18-17-12/h5-6,8,16-19,21,24-25H,2-4,7,9-14H2,1H3,(H,26,27);3-6H,2,7H2,1H3,(H2,14,15,16,17,18,19)/t16-,17-,18+,19-,21+;/m0./s1. The average molecular weight is 662 g/mol. The van der Waals surface area contributed by atoms with Crippen LogP contribution >= 0.6 is 0 Å². The number of benzene rings is 2. The molecule has 0 spiro atoms. The molecule has 2 aromatic carbocycles. The first-order valence-corrected chi connectivity index (χ1v) is 17.1. The van der Waals surface area contributed by atoms with Crippen LogP contribution in [0.5, 0.6) is 11.5 Å². The number of aromatic nitrogens is 5. The Bertz CT molecular complexity index is 1710. The number of fused-ring (bicyclic) bond motifs is 3. The molecule has 0 unspecified atom stereocenters. The molecule has 0 amide bonds. The van der Waals surface area contributed by atoms with Crippen molar-refractivity contribution in [2.45, 2.75) is 90.3 Å². The van der Waals surface area contributed by atoms with E-state index in [1.807, 2.05) is 43.3 Å². The topological polar surface area (TPSA) is 184 Å². The Morgan fingerprint density at radius 3 is 2.60 bits per heavy atom. The van der Waals surface area contributed by atoms with Crippen LogP contribution in [-0.4, -0.2) is 72.1 Å². The van der Waals surface area contributed by atoms with Gasteiger partial charge in [0, 0.05) is 0 Å². The van der Waals surface area contributed by atoms with Gasteiger partial charge in [0.05, 0.1) is 24.4 Å². The lowest BCUT2D eigenvalue weighted by Crippen LogP contribution is -2.28. The predicted octanol–water partition coefficient (Wildman–Crippen LogP) is 5.08. The van der Waals surface area contributed by atoms with Crippen molar-refractivity contribution in [3.63, 3.8) is 0 Å². The lowest BCUT2D eigenvalue weighted by molar-refractivity contribution is -0.139. The summed E-state index contributed by atoms with van der Waals surface area (Å²) in [5.41, 5.74) is 3.20. The first-order chi connectivity index (χ1) is 23.3. The number of aliphatic carboxylic acids is 1. The first-order valence-electron chi connectivity index (χ1n) is 17.1. The molecule has 2 aliphatic carbocycles. The second-order valence-electron chi connectivity index (χ2n) is 12.9. The van der Waals surface area contributed by atoms with Crippen molar-refractivity contribution in [1.82, 2.24) is 25.4 Å². The number of hydrogen-bond donors (Lipinski definition) is 5. The zero-order valence-corrected chi connectivity index (χ0v) is 27.7. The van der Waals surface area contributed by atoms with Crippen LogP contribution in [0.15, 0.2) is 47.3 Å². The van der Waals surface area contributed by atoms with Crippen LogP contribution in [0, 0.1) is 17.8 Å². The third kappa shape index (κ3) is 8.59. The van der Waals surface area contributed by atoms with Gasteiger partial charge >= 0.3 is 5.97 Å². The Morgan fingerprint density at radius 2 is 1.81 bits per heavy atom. The number of ether oxygens (including phenoxy) is 2. The Kier molecular flexibility index (Phi) is 12.2. The Hall–Kier alpha value is -4.29. The van der Waals surface area contributed by atoms with E-state index in [0.29, 0.717) is 35.8 Å². The normalized spacial score (nSPS) is 20.3. The molecule has 12 nitrogen and oxygen atoms in total. The van der Waals surface area contributed by atoms with Crippen LogP contribution < -0.4 is 15.0 Å². The fourth-order valence-corrected chi connectivity index (χ4v) is 7.12. The fourth-order valence-electron chi connectivity index (χ4n) is 7.12. The minimum atomic E-state index is -0.972. The van der Waals surface area contributed by atoms with Gasteiger partial charge in [-0.15, -0.1) is 10.2 Å². The molecule has 48 heavy (non-hydrogen) atoms. The first kappa shape index (κ1) is 35.0. The number of carbonyl (C=O) groups is 1. The number of rotatable bonds is 14. The summed E-state index contributed by atoms with van der Waals surface area (Å²) < 4.78 is 11.2. The number of aliphatic hydroxyl groups excluding tert-OH is 2. The number of para-hydroxylation sites is 1. The Balaban J connectivity index is 0.000000198. The van der Waals surface area contributed by atoms with Gasteiger partial charge in [0.1, 0.15) is 17.3 Å². The van der Waals surface area contributed by atoms with Crippen LogP contribution in [-0.2, 0) is 17.6 Å². The summed E-state index contributed by atoms with van der Waals surface area (Å²) in [7, 11) is 0. The van der Waals surface area contributed by atoms with E-state index in [2.05, 4.69) is 38.4 Å². The van der Waals surface area contributed by atoms with Gasteiger partial charge in [-0.25, -0.2) is 9.78 Å². The van der Waals surface area contributed by atoms with Crippen molar-refractivity contribution in [2.24, 2.45) is 17.8 Å². The van der Waals surface area contributed by atoms with Gasteiger partial charge in [-0.2, -0.15) is 5.21 Å². The Morgan fingerprint density at radius 1 is 1.00 bits per heavy atom. The highest BCUT2D eigenvalue weighted by atomic mass is 16.5. The number of carboxylic acid groups (broad SMARTS) is 1. The molecule has 0 bridgehead atoms. The summed E-state index contributed by atoms with van der Waals surface area (Å²) in [6, 6.07) is 13.3. The fraction of sp³-hybridized carbons (Fsp3) is 0.528. The predicted molar refractivity (Wildman–Crippen MR) is 181 cm³/mol. The van der Waals surface area contributed by atoms with E-state index in [1.54, 1.807) is 0 Å². The number of hydrogen-bond acceptors (Lipinski definition) is 9. The maximum Gasteiger partial charge on any atom is 0.341 e.